The number of hydrogen-bond donors (Lipinski definition) is 1. The molecule has 0 atom stereocenters. The van der Waals surface area contributed by atoms with E-state index in [1.807, 2.05) is 236 Å². The predicted octanol–water partition coefficient (Wildman–Crippen LogP) is 32.4. The van der Waals surface area contributed by atoms with Crippen molar-refractivity contribution in [1.82, 2.24) is 84.3 Å². The molecule has 0 fully saturated rings. The van der Waals surface area contributed by atoms with Crippen molar-refractivity contribution in [2.75, 3.05) is 0 Å². The first-order chi connectivity index (χ1) is 74.0. The van der Waals surface area contributed by atoms with Crippen molar-refractivity contribution in [3.63, 3.8) is 0 Å². The number of para-hydroxylation sites is 3. The minimum atomic E-state index is 0.684. The summed E-state index contributed by atoms with van der Waals surface area (Å²) in [6, 6.07) is 155. The van der Waals surface area contributed by atoms with Crippen LogP contribution in [0.2, 0.25) is 0 Å². The summed E-state index contributed by atoms with van der Waals surface area (Å²) >= 11 is 3.66. The molecule has 0 saturated heterocycles. The largest absolute Gasteiger partial charge is 0.339 e. The van der Waals surface area contributed by atoms with Crippen molar-refractivity contribution in [3.8, 4) is 73.9 Å². The average molecular weight is 1950 g/mol. The Balaban J connectivity index is 0.0000000926. The van der Waals surface area contributed by atoms with E-state index < -0.39 is 0 Å². The van der Waals surface area contributed by atoms with Gasteiger partial charge in [-0.1, -0.05) is 382 Å². The van der Waals surface area contributed by atoms with E-state index in [1.165, 1.54) is 127 Å². The lowest BCUT2D eigenvalue weighted by atomic mass is 9.98. The summed E-state index contributed by atoms with van der Waals surface area (Å²) in [5.41, 5.74) is 18.3. The maximum Gasteiger partial charge on any atom is 0.164 e. The van der Waals surface area contributed by atoms with E-state index in [2.05, 4.69) is 345 Å². The van der Waals surface area contributed by atoms with E-state index >= 15 is 0 Å². The van der Waals surface area contributed by atoms with Crippen molar-refractivity contribution in [1.29, 1.82) is 0 Å². The second-order valence-corrected chi connectivity index (χ2v) is 37.1. The first-order valence-corrected chi connectivity index (χ1v) is 50.5. The summed E-state index contributed by atoms with van der Waals surface area (Å²) in [6.07, 6.45) is 20.5. The number of aromatic amines is 1. The van der Waals surface area contributed by atoms with E-state index in [-0.39, 0.29) is 0 Å². The van der Waals surface area contributed by atoms with Gasteiger partial charge in [0.15, 0.2) is 29.1 Å². The second kappa shape index (κ2) is 44.0. The standard InChI is InChI=1S/C21H15N3.C17H12N2.2C16H10N2.C15H11N3.C12H8S.2C11H8N2.C11H7NS/c1-4-10-16(11-5-1)19-22-20(17-12-6-2-7-13-17)24-21(23-19)18-14-8-3-9-15-18;1-2-7-13(8-3-1)19-16-11-5-4-9-14(16)15-10-6-12-18-17(15)19;1-3-7-13-11(5-1)12-6-2-4-8-14(12)16-15(13)17-9-10-18-16;1-2-7-13-11(5-1)12-6-3-4-8-14(12)16-15(13)9-17-10-18-16;1-3-7-12(8-4-1)14-16-11-17-15(18-14)13-9-5-2-6-10-13;1-3-7-11-9(5-1)10-6-2-4-8-12(10)13-11;1-2-6-10-8(4-1)9-5-3-7-12-11(9)13-10;1-2-4-10-8(3-1)5-9-6-12-7-13-11(9)10;1-2-4-10-8(3-1)9-5-6-12-7-11(9)13-10/h1-15H;1-12H;2*1-10H;1-11H;1-8H;1-7H,(H,12,13);1-4,6-7H,5H2;1-7H. The molecule has 30 aromatic rings. The summed E-state index contributed by atoms with van der Waals surface area (Å²) in [6.45, 7) is 0. The van der Waals surface area contributed by atoms with Gasteiger partial charge in [0.05, 0.1) is 32.5 Å². The Labute approximate surface area is 864 Å². The highest BCUT2D eigenvalue weighted by Gasteiger charge is 2.21. The third-order valence-electron chi connectivity index (χ3n) is 25.8. The third-order valence-corrected chi connectivity index (χ3v) is 28.0. The molecule has 19 heteroatoms. The number of aromatic nitrogens is 17. The van der Waals surface area contributed by atoms with Crippen molar-refractivity contribution in [3.05, 3.63) is 535 Å². The van der Waals surface area contributed by atoms with Gasteiger partial charge in [-0.3, -0.25) is 19.5 Å². The third kappa shape index (κ3) is 20.2. The molecule has 0 saturated carbocycles. The highest BCUT2D eigenvalue weighted by Crippen LogP contribution is 2.40. The molecule has 12 aromatic heterocycles. The quantitative estimate of drug-likeness (QED) is 0.153. The van der Waals surface area contributed by atoms with Crippen LogP contribution in [0, 0.1) is 0 Å². The number of hydrogen-bond acceptors (Lipinski definition) is 17. The van der Waals surface area contributed by atoms with Gasteiger partial charge in [0.25, 0.3) is 0 Å². The second-order valence-electron chi connectivity index (χ2n) is 34.9. The van der Waals surface area contributed by atoms with E-state index in [0.29, 0.717) is 29.1 Å². The van der Waals surface area contributed by atoms with Gasteiger partial charge in [-0.05, 0) is 105 Å². The molecule has 0 unspecified atom stereocenters. The molecular weight excluding hydrogens is 1860 g/mol. The molecule has 0 radical (unpaired) electrons. The maximum atomic E-state index is 4.68. The minimum Gasteiger partial charge on any atom is -0.339 e. The molecule has 1 aliphatic rings. The van der Waals surface area contributed by atoms with Crippen LogP contribution < -0.4 is 0 Å². The zero-order valence-corrected chi connectivity index (χ0v) is 82.0. The zero-order valence-electron chi connectivity index (χ0n) is 80.3. The molecule has 149 heavy (non-hydrogen) atoms. The Morgan fingerprint density at radius 3 is 1.13 bits per heavy atom. The van der Waals surface area contributed by atoms with E-state index in [9.17, 15) is 0 Å². The Morgan fingerprint density at radius 2 is 0.597 bits per heavy atom. The molecule has 0 amide bonds. The van der Waals surface area contributed by atoms with Crippen LogP contribution in [0.25, 0.3) is 223 Å². The number of thiophene rings is 2. The van der Waals surface area contributed by atoms with Gasteiger partial charge in [0.2, 0.25) is 0 Å². The average Bonchev–Trinajstić information content (AvgIpc) is 1.58. The number of nitrogens with zero attached hydrogens (tertiary/aromatic N) is 16. The van der Waals surface area contributed by atoms with E-state index in [1.54, 1.807) is 48.9 Å². The van der Waals surface area contributed by atoms with Gasteiger partial charge in [0, 0.05) is 185 Å². The van der Waals surface area contributed by atoms with Gasteiger partial charge < -0.3 is 4.98 Å². The lowest BCUT2D eigenvalue weighted by Gasteiger charge is -2.08. The van der Waals surface area contributed by atoms with Crippen LogP contribution >= 0.6 is 22.7 Å². The van der Waals surface area contributed by atoms with E-state index in [0.717, 1.165) is 84.4 Å². The topological polar surface area (TPSA) is 214 Å². The van der Waals surface area contributed by atoms with Crippen LogP contribution in [0.1, 0.15) is 11.1 Å². The van der Waals surface area contributed by atoms with Crippen LogP contribution in [0.4, 0.5) is 0 Å². The maximum absolute atomic E-state index is 4.68. The number of H-pyrrole nitrogens is 1. The number of rotatable bonds is 6. The van der Waals surface area contributed by atoms with Gasteiger partial charge in [0.1, 0.15) is 30.3 Å². The first-order valence-electron chi connectivity index (χ1n) is 48.9. The molecule has 0 spiro atoms. The van der Waals surface area contributed by atoms with Crippen LogP contribution in [-0.4, -0.2) is 84.3 Å². The summed E-state index contributed by atoms with van der Waals surface area (Å²) in [7, 11) is 0. The van der Waals surface area contributed by atoms with Crippen LogP contribution in [0.15, 0.2) is 524 Å². The van der Waals surface area contributed by atoms with Gasteiger partial charge in [-0.15, -0.1) is 22.7 Å². The number of nitrogens with one attached hydrogen (secondary N) is 1. The van der Waals surface area contributed by atoms with Crippen LogP contribution in [0.3, 0.4) is 0 Å². The van der Waals surface area contributed by atoms with Crippen molar-refractivity contribution >= 4 is 172 Å². The molecule has 18 aromatic carbocycles. The SMILES string of the molecule is c1ccc(-c2nc(-c3ccccc3)nc(-c3ccccc3)n2)cc1.c1ccc(-c2ncnc(-c3ccccc3)n2)cc1.c1ccc(-n2c3ccccc3c3cccnc32)cc1.c1ccc2c(c1)Cc1cncnc1-2.c1ccc2c(c1)[nH]c1ncccc12.c1ccc2c(c1)c1ccccc1c1nccnc21.c1ccc2c(c1)c1ccccc1c1ncncc21.c1ccc2c(c1)sc1ccccc12.c1ccc2c(c1)sc1cnccc12. The fraction of sp³-hybridized carbons (Fsp3) is 0.00769. The van der Waals surface area contributed by atoms with Crippen LogP contribution in [-0.2, 0) is 6.42 Å². The van der Waals surface area contributed by atoms with E-state index in [4.69, 9.17) is 0 Å². The molecule has 1 aliphatic carbocycles. The molecule has 31 rings (SSSR count). The highest BCUT2D eigenvalue weighted by molar-refractivity contribution is 7.26. The van der Waals surface area contributed by atoms with Crippen molar-refractivity contribution in [2.24, 2.45) is 0 Å². The Kier molecular flexibility index (Phi) is 27.5. The molecule has 0 bridgehead atoms. The van der Waals surface area contributed by atoms with Gasteiger partial charge in [-0.25, -0.2) is 59.8 Å². The predicted molar refractivity (Wildman–Crippen MR) is 615 cm³/mol. The number of fused-ring (bicyclic) bond motifs is 27. The van der Waals surface area contributed by atoms with Crippen LogP contribution in [0.5, 0.6) is 0 Å². The van der Waals surface area contributed by atoms with Crippen molar-refractivity contribution in [2.45, 2.75) is 6.42 Å². The Bertz CT molecular complexity index is 8650. The smallest absolute Gasteiger partial charge is 0.164 e. The molecule has 12 heterocycles. The Hall–Kier alpha value is -19.7. The lowest BCUT2D eigenvalue weighted by Crippen LogP contribution is -1.99. The van der Waals surface area contributed by atoms with Gasteiger partial charge >= 0.3 is 0 Å². The summed E-state index contributed by atoms with van der Waals surface area (Å²) < 4.78 is 7.58. The molecule has 17 nitrogen and oxygen atoms in total. The normalized spacial score (nSPS) is 11.1. The molecule has 1 N–H and O–H groups in total. The summed E-state index contributed by atoms with van der Waals surface area (Å²) in [5, 5.41) is 21.1. The molecule has 0 aliphatic heterocycles. The lowest BCUT2D eigenvalue weighted by molar-refractivity contribution is 1.06. The summed E-state index contributed by atoms with van der Waals surface area (Å²) in [4.78, 5) is 69.1. The fourth-order valence-electron chi connectivity index (χ4n) is 18.9. The highest BCUT2D eigenvalue weighted by atomic mass is 32.1. The van der Waals surface area contributed by atoms with Gasteiger partial charge in [-0.2, -0.15) is 0 Å². The number of pyridine rings is 3. The fourth-order valence-corrected chi connectivity index (χ4v) is 21.1. The summed E-state index contributed by atoms with van der Waals surface area (Å²) in [5.74, 6) is 3.45. The zero-order chi connectivity index (χ0) is 99.6. The first kappa shape index (κ1) is 92.9. The van der Waals surface area contributed by atoms with Crippen molar-refractivity contribution < 1.29 is 0 Å². The Morgan fingerprint density at radius 1 is 0.215 bits per heavy atom. The monoisotopic (exact) mass is 1950 g/mol. The minimum absolute atomic E-state index is 0.684. The molecular formula is C130H89N17S2. The molecule has 706 valence electrons. The number of benzene rings is 18.